The number of likely N-dealkylation sites (tertiary alicyclic amines) is 1. The second-order valence-corrected chi connectivity index (χ2v) is 15.6. The number of likely N-dealkylation sites (N-methyl/N-ethyl adjacent to an activating group) is 1. The van der Waals surface area contributed by atoms with Crippen LogP contribution in [0.15, 0.2) is 24.4 Å². The molecule has 7 N–H and O–H groups in total. The Kier molecular flexibility index (Phi) is 9.93. The summed E-state index contributed by atoms with van der Waals surface area (Å²) in [4.78, 5) is 70.4. The van der Waals surface area contributed by atoms with Crippen molar-refractivity contribution in [2.24, 2.45) is 17.8 Å². The lowest BCUT2D eigenvalue weighted by Crippen LogP contribution is -2.71. The molecule has 0 bridgehead atoms. The van der Waals surface area contributed by atoms with Crippen molar-refractivity contribution in [1.29, 1.82) is 0 Å². The second-order valence-electron chi connectivity index (χ2n) is 15.6. The number of aliphatic hydroxyl groups excluding tert-OH is 2. The van der Waals surface area contributed by atoms with E-state index < -0.39 is 59.7 Å². The number of aliphatic hydroxyl groups is 3. The van der Waals surface area contributed by atoms with Gasteiger partial charge in [-0.05, 0) is 62.3 Å². The predicted molar refractivity (Wildman–Crippen MR) is 183 cm³/mol. The molecule has 4 fully saturated rings. The van der Waals surface area contributed by atoms with Gasteiger partial charge < -0.3 is 45.6 Å². The van der Waals surface area contributed by atoms with E-state index in [1.54, 1.807) is 4.90 Å². The summed E-state index contributed by atoms with van der Waals surface area (Å²) in [7, 11) is 2.07. The maximum absolute atomic E-state index is 14.4. The first-order valence-corrected chi connectivity index (χ1v) is 17.9. The highest BCUT2D eigenvalue weighted by Gasteiger charge is 2.72. The molecule has 0 saturated carbocycles. The van der Waals surface area contributed by atoms with Crippen LogP contribution in [-0.4, -0.2) is 137 Å². The molecular formula is C36H49N5O11. The number of nitrogens with zero attached hydrogens (tertiary/aromatic N) is 3. The van der Waals surface area contributed by atoms with Crippen LogP contribution in [0.1, 0.15) is 70.4 Å². The molecule has 2 aromatic rings. The van der Waals surface area contributed by atoms with Crippen LogP contribution >= 0.6 is 0 Å². The van der Waals surface area contributed by atoms with E-state index in [1.165, 1.54) is 21.4 Å². The average Bonchev–Trinajstić information content (AvgIpc) is 3.80. The number of ether oxygens (including phenoxy) is 1. The number of rotatable bonds is 8. The Morgan fingerprint density at radius 2 is 1.75 bits per heavy atom. The number of carbonyl (C=O) groups excluding carboxylic acids is 3. The van der Waals surface area contributed by atoms with Gasteiger partial charge in [-0.25, -0.2) is 9.59 Å². The first-order valence-electron chi connectivity index (χ1n) is 17.9. The monoisotopic (exact) mass is 727 g/mol. The van der Waals surface area contributed by atoms with Crippen LogP contribution in [0.5, 0.6) is 0 Å². The van der Waals surface area contributed by atoms with Crippen molar-refractivity contribution in [1.82, 2.24) is 25.0 Å². The molecule has 16 nitrogen and oxygen atoms in total. The Hall–Kier alpha value is -4.09. The summed E-state index contributed by atoms with van der Waals surface area (Å²) in [5, 5.41) is 49.0. The number of hydrogen-bond donors (Lipinski definition) is 7. The molecule has 4 aliphatic heterocycles. The third-order valence-corrected chi connectivity index (χ3v) is 11.5. The van der Waals surface area contributed by atoms with Gasteiger partial charge in [0.05, 0.1) is 5.92 Å². The molecule has 4 saturated heterocycles. The summed E-state index contributed by atoms with van der Waals surface area (Å²) < 4.78 is 6.45. The maximum atomic E-state index is 14.4. The van der Waals surface area contributed by atoms with E-state index >= 15 is 0 Å². The van der Waals surface area contributed by atoms with Gasteiger partial charge in [-0.15, -0.1) is 0 Å². The van der Waals surface area contributed by atoms with Crippen LogP contribution < -0.4 is 5.32 Å². The number of nitrogens with one attached hydrogen (secondary N) is 2. The fraction of sp³-hybridized carbons (Fsp3) is 0.639. The molecule has 9 atom stereocenters. The van der Waals surface area contributed by atoms with Crippen molar-refractivity contribution in [3.05, 3.63) is 35.5 Å². The van der Waals surface area contributed by atoms with Gasteiger partial charge in [0.1, 0.15) is 12.1 Å². The molecule has 16 heteroatoms. The summed E-state index contributed by atoms with van der Waals surface area (Å²) in [5.41, 5.74) is 1.93. The van der Waals surface area contributed by atoms with Crippen LogP contribution in [-0.2, 0) is 35.1 Å². The highest BCUT2D eigenvalue weighted by molar-refractivity contribution is 5.98. The standard InChI is InChI=1S/C32H43N5O5.C4H6O6/c1-17(2)12-25-29(39)36-11-7-10-26(36)32(41)37(25)30(40)31(42-32,18(3)4)34-28(38)20-13-22-21-8-6-9-23-27(21)19(15-33-23)14-24(22)35(5)16-20;5-1(3(7)8)2(6)4(9)10/h6,8-9,15,17-18,20,22,24-26,33,41H,7,10-14,16H2,1-5H3,(H,34,38);1-2,5-6H,(H,7,8)(H,9,10)/t20-,22-,24-,25+,26+,31-,32+;/m1./s1. The van der Waals surface area contributed by atoms with Gasteiger partial charge in [0.25, 0.3) is 11.8 Å². The minimum absolute atomic E-state index is 0.116. The van der Waals surface area contributed by atoms with Crippen molar-refractivity contribution in [2.75, 3.05) is 20.1 Å². The summed E-state index contributed by atoms with van der Waals surface area (Å²) in [6, 6.07) is 5.13. The zero-order valence-electron chi connectivity index (χ0n) is 30.0. The average molecular weight is 728 g/mol. The van der Waals surface area contributed by atoms with Crippen LogP contribution in [0.2, 0.25) is 0 Å². The molecule has 3 amide bonds. The quantitative estimate of drug-likeness (QED) is 0.196. The third-order valence-electron chi connectivity index (χ3n) is 11.5. The number of carboxylic acids is 2. The van der Waals surface area contributed by atoms with Crippen molar-refractivity contribution < 1.29 is 54.2 Å². The fourth-order valence-electron chi connectivity index (χ4n) is 8.90. The molecule has 1 aromatic heterocycles. The number of carboxylic acid groups (broad SMARTS) is 2. The van der Waals surface area contributed by atoms with Crippen LogP contribution in [0.25, 0.3) is 10.9 Å². The minimum Gasteiger partial charge on any atom is -0.479 e. The molecule has 7 rings (SSSR count). The zero-order valence-corrected chi connectivity index (χ0v) is 30.0. The van der Waals surface area contributed by atoms with Crippen molar-refractivity contribution in [3.8, 4) is 0 Å². The van der Waals surface area contributed by atoms with E-state index in [4.69, 9.17) is 25.2 Å². The number of aromatic nitrogens is 1. The molecule has 5 heterocycles. The number of carbonyl (C=O) groups is 5. The Balaban J connectivity index is 0.000000408. The van der Waals surface area contributed by atoms with E-state index in [2.05, 4.69) is 46.6 Å². The topological polar surface area (TPSA) is 233 Å². The third kappa shape index (κ3) is 6.03. The van der Waals surface area contributed by atoms with Gasteiger partial charge in [0, 0.05) is 48.1 Å². The molecule has 1 aromatic carbocycles. The lowest BCUT2D eigenvalue weighted by molar-refractivity contribution is -0.322. The van der Waals surface area contributed by atoms with E-state index in [-0.39, 0.29) is 35.6 Å². The van der Waals surface area contributed by atoms with Crippen molar-refractivity contribution in [3.63, 3.8) is 0 Å². The Morgan fingerprint density at radius 3 is 2.37 bits per heavy atom. The summed E-state index contributed by atoms with van der Waals surface area (Å²) in [6.45, 7) is 8.73. The minimum atomic E-state index is -2.27. The predicted octanol–water partition coefficient (Wildman–Crippen LogP) is 0.398. The SMILES string of the molecule is CC(C)C[C@H]1C(=O)N2CCC[C@H]2[C@]2(O)O[C@](NC(=O)[C@@H]3C[C@@H]4c5cccc6[nH]cc(c56)C[C@H]4N(C)C3)(C(C)C)C(=O)N12.O=C(O)C(O)C(O)C(=O)O. The number of aliphatic carboxylic acids is 2. The lowest BCUT2D eigenvalue weighted by atomic mass is 9.72. The molecule has 2 unspecified atom stereocenters. The maximum Gasteiger partial charge on any atom is 0.335 e. The smallest absolute Gasteiger partial charge is 0.335 e. The molecule has 284 valence electrons. The summed E-state index contributed by atoms with van der Waals surface area (Å²) in [5.74, 6) is -7.01. The number of hydrogen-bond acceptors (Lipinski definition) is 10. The number of piperidine rings is 1. The summed E-state index contributed by atoms with van der Waals surface area (Å²) >= 11 is 0. The number of benzene rings is 1. The molecular weight excluding hydrogens is 678 g/mol. The Bertz CT molecular complexity index is 1740. The number of piperazine rings is 1. The van der Waals surface area contributed by atoms with E-state index in [1.807, 2.05) is 27.7 Å². The lowest BCUT2D eigenvalue weighted by Gasteiger charge is -2.49. The van der Waals surface area contributed by atoms with Crippen molar-refractivity contribution in [2.45, 2.75) is 108 Å². The number of aromatic amines is 1. The first-order chi connectivity index (χ1) is 24.4. The van der Waals surface area contributed by atoms with Crippen LogP contribution in [0, 0.1) is 17.8 Å². The first kappa shape index (κ1) is 37.7. The largest absolute Gasteiger partial charge is 0.479 e. The molecule has 0 radical (unpaired) electrons. The van der Waals surface area contributed by atoms with Gasteiger partial charge in [0.2, 0.25) is 17.5 Å². The molecule has 1 aliphatic carbocycles. The van der Waals surface area contributed by atoms with Gasteiger partial charge in [0.15, 0.2) is 12.2 Å². The normalized spacial score (nSPS) is 32.2. The van der Waals surface area contributed by atoms with Gasteiger partial charge in [-0.1, -0.05) is 39.8 Å². The van der Waals surface area contributed by atoms with Gasteiger partial charge >= 0.3 is 11.9 Å². The fourth-order valence-corrected chi connectivity index (χ4v) is 8.90. The number of H-pyrrole nitrogens is 1. The molecule has 0 spiro atoms. The van der Waals surface area contributed by atoms with Crippen LogP contribution in [0.3, 0.4) is 0 Å². The Morgan fingerprint density at radius 1 is 1.08 bits per heavy atom. The van der Waals surface area contributed by atoms with E-state index in [9.17, 15) is 29.1 Å². The van der Waals surface area contributed by atoms with Gasteiger partial charge in [-0.2, -0.15) is 0 Å². The Labute approximate surface area is 300 Å². The molecule has 52 heavy (non-hydrogen) atoms. The second kappa shape index (κ2) is 13.7. The summed E-state index contributed by atoms with van der Waals surface area (Å²) in [6.07, 6.45) is 0.827. The number of amides is 3. The highest BCUT2D eigenvalue weighted by Crippen LogP contribution is 2.49. The number of fused-ring (bicyclic) bond motifs is 5. The van der Waals surface area contributed by atoms with E-state index in [0.29, 0.717) is 32.4 Å². The van der Waals surface area contributed by atoms with E-state index in [0.717, 1.165) is 18.4 Å². The van der Waals surface area contributed by atoms with Crippen molar-refractivity contribution >= 4 is 40.6 Å². The zero-order chi connectivity index (χ0) is 38.0. The highest BCUT2D eigenvalue weighted by atomic mass is 16.7. The van der Waals surface area contributed by atoms with Gasteiger partial charge in [-0.3, -0.25) is 24.0 Å². The van der Waals surface area contributed by atoms with Crippen LogP contribution in [0.4, 0.5) is 0 Å². The molecule has 5 aliphatic rings.